The second kappa shape index (κ2) is 8.71. The molecular formula is C14H25N3O3. The third kappa shape index (κ3) is 4.31. The standard InChI is InChI=1S/C14H25N3O3/c1-4-11(12(15)10-16-5-2)13(14(18)19-3)17-6-8-20-9-7-17/h5,10-11,13H,4,6-9,15H2,1-3H3/b12-10+,16-5?/t11?,13-/m1/s1. The summed E-state index contributed by atoms with van der Waals surface area (Å²) in [6, 6.07) is -0.378. The van der Waals surface area contributed by atoms with E-state index in [-0.39, 0.29) is 17.9 Å². The predicted molar refractivity (Wildman–Crippen MR) is 78.4 cm³/mol. The van der Waals surface area contributed by atoms with E-state index in [1.165, 1.54) is 7.11 Å². The topological polar surface area (TPSA) is 77.1 Å². The molecule has 0 spiro atoms. The molecule has 1 rings (SSSR count). The SMILES string of the molecule is CC=N/C=C(/N)C(CC)[C@H](C(=O)OC)N1CCOCC1. The van der Waals surface area contributed by atoms with Crippen LogP contribution in [-0.2, 0) is 14.3 Å². The van der Waals surface area contributed by atoms with E-state index in [0.717, 1.165) is 6.42 Å². The van der Waals surface area contributed by atoms with Crippen LogP contribution in [0.4, 0.5) is 0 Å². The van der Waals surface area contributed by atoms with Gasteiger partial charge in [0.15, 0.2) is 0 Å². The van der Waals surface area contributed by atoms with E-state index in [0.29, 0.717) is 32.0 Å². The van der Waals surface area contributed by atoms with Crippen molar-refractivity contribution in [1.82, 2.24) is 4.90 Å². The molecule has 0 aromatic rings. The van der Waals surface area contributed by atoms with Gasteiger partial charge in [-0.15, -0.1) is 0 Å². The highest BCUT2D eigenvalue weighted by Crippen LogP contribution is 2.23. The quantitative estimate of drug-likeness (QED) is 0.576. The molecule has 2 atom stereocenters. The molecule has 0 radical (unpaired) electrons. The Balaban J connectivity index is 2.96. The fourth-order valence-electron chi connectivity index (χ4n) is 2.44. The third-order valence-corrected chi connectivity index (χ3v) is 3.50. The summed E-state index contributed by atoms with van der Waals surface area (Å²) in [5, 5.41) is 0. The van der Waals surface area contributed by atoms with Crippen molar-refractivity contribution in [3.05, 3.63) is 11.9 Å². The number of nitrogens with two attached hydrogens (primary N) is 1. The van der Waals surface area contributed by atoms with E-state index in [4.69, 9.17) is 15.2 Å². The molecule has 114 valence electrons. The van der Waals surface area contributed by atoms with Gasteiger partial charge in [0.25, 0.3) is 0 Å². The van der Waals surface area contributed by atoms with Gasteiger partial charge in [-0.1, -0.05) is 6.92 Å². The summed E-state index contributed by atoms with van der Waals surface area (Å²) in [6.45, 7) is 6.50. The van der Waals surface area contributed by atoms with Gasteiger partial charge in [0.1, 0.15) is 6.04 Å². The van der Waals surface area contributed by atoms with Crippen LogP contribution in [0.5, 0.6) is 0 Å². The Morgan fingerprint density at radius 1 is 1.50 bits per heavy atom. The maximum atomic E-state index is 12.2. The van der Waals surface area contributed by atoms with Gasteiger partial charge >= 0.3 is 5.97 Å². The molecule has 0 aromatic heterocycles. The average Bonchev–Trinajstić information content (AvgIpc) is 2.50. The van der Waals surface area contributed by atoms with Gasteiger partial charge in [-0.3, -0.25) is 14.7 Å². The number of nitrogens with zero attached hydrogens (tertiary/aromatic N) is 2. The van der Waals surface area contributed by atoms with Gasteiger partial charge in [0.2, 0.25) is 0 Å². The highest BCUT2D eigenvalue weighted by molar-refractivity contribution is 5.76. The van der Waals surface area contributed by atoms with Crippen molar-refractivity contribution >= 4 is 12.2 Å². The molecule has 6 nitrogen and oxygen atoms in total. The van der Waals surface area contributed by atoms with E-state index >= 15 is 0 Å². The van der Waals surface area contributed by atoms with Crippen LogP contribution in [0.3, 0.4) is 0 Å². The molecule has 1 fully saturated rings. The summed E-state index contributed by atoms with van der Waals surface area (Å²) in [7, 11) is 1.41. The maximum absolute atomic E-state index is 12.2. The van der Waals surface area contributed by atoms with Crippen LogP contribution < -0.4 is 5.73 Å². The number of methoxy groups -OCH3 is 1. The highest BCUT2D eigenvalue weighted by atomic mass is 16.5. The van der Waals surface area contributed by atoms with Crippen molar-refractivity contribution in [3.8, 4) is 0 Å². The fraction of sp³-hybridized carbons (Fsp3) is 0.714. The van der Waals surface area contributed by atoms with Crippen LogP contribution in [0.1, 0.15) is 20.3 Å². The summed E-state index contributed by atoms with van der Waals surface area (Å²) in [4.78, 5) is 18.3. The van der Waals surface area contributed by atoms with Gasteiger partial charge in [-0.25, -0.2) is 0 Å². The van der Waals surface area contributed by atoms with Crippen molar-refractivity contribution in [2.24, 2.45) is 16.6 Å². The number of hydrogen-bond donors (Lipinski definition) is 1. The van der Waals surface area contributed by atoms with Crippen molar-refractivity contribution in [2.75, 3.05) is 33.4 Å². The molecule has 0 bridgehead atoms. The van der Waals surface area contributed by atoms with Crippen molar-refractivity contribution in [1.29, 1.82) is 0 Å². The van der Waals surface area contributed by atoms with Crippen LogP contribution in [0, 0.1) is 5.92 Å². The van der Waals surface area contributed by atoms with Crippen molar-refractivity contribution in [3.63, 3.8) is 0 Å². The largest absolute Gasteiger partial charge is 0.468 e. The summed E-state index contributed by atoms with van der Waals surface area (Å²) in [5.41, 5.74) is 6.70. The van der Waals surface area contributed by atoms with Crippen molar-refractivity contribution < 1.29 is 14.3 Å². The Morgan fingerprint density at radius 3 is 2.65 bits per heavy atom. The molecule has 1 aliphatic rings. The first-order valence-electron chi connectivity index (χ1n) is 6.98. The Hall–Kier alpha value is -1.40. The van der Waals surface area contributed by atoms with Crippen LogP contribution in [0.2, 0.25) is 0 Å². The van der Waals surface area contributed by atoms with E-state index < -0.39 is 0 Å². The number of esters is 1. The molecule has 0 aromatic carbocycles. The first-order chi connectivity index (χ1) is 9.65. The number of aliphatic imine (C=N–C) groups is 1. The third-order valence-electron chi connectivity index (χ3n) is 3.50. The van der Waals surface area contributed by atoms with Gasteiger partial charge in [0.05, 0.1) is 20.3 Å². The fourth-order valence-corrected chi connectivity index (χ4v) is 2.44. The molecule has 1 saturated heterocycles. The lowest BCUT2D eigenvalue weighted by atomic mass is 9.92. The second-order valence-electron chi connectivity index (χ2n) is 4.67. The van der Waals surface area contributed by atoms with E-state index in [2.05, 4.69) is 9.89 Å². The van der Waals surface area contributed by atoms with Gasteiger partial charge < -0.3 is 15.2 Å². The second-order valence-corrected chi connectivity index (χ2v) is 4.67. The zero-order valence-electron chi connectivity index (χ0n) is 12.5. The molecule has 1 unspecified atom stereocenters. The molecular weight excluding hydrogens is 258 g/mol. The first kappa shape index (κ1) is 16.7. The normalized spacial score (nSPS) is 20.9. The molecule has 2 N–H and O–H groups in total. The zero-order valence-corrected chi connectivity index (χ0v) is 12.5. The minimum absolute atomic E-state index is 0.107. The Bertz CT molecular complexity index is 363. The number of carbonyl (C=O) groups is 1. The highest BCUT2D eigenvalue weighted by Gasteiger charge is 2.35. The Labute approximate surface area is 120 Å². The summed E-state index contributed by atoms with van der Waals surface area (Å²) in [6.07, 6.45) is 4.03. The van der Waals surface area contributed by atoms with E-state index in [9.17, 15) is 4.79 Å². The van der Waals surface area contributed by atoms with Crippen LogP contribution in [0.15, 0.2) is 16.9 Å². The van der Waals surface area contributed by atoms with Crippen molar-refractivity contribution in [2.45, 2.75) is 26.3 Å². The summed E-state index contributed by atoms with van der Waals surface area (Å²) < 4.78 is 10.3. The lowest BCUT2D eigenvalue weighted by Crippen LogP contribution is -2.52. The van der Waals surface area contributed by atoms with Gasteiger partial charge in [0, 0.05) is 37.1 Å². The zero-order chi connectivity index (χ0) is 15.0. The smallest absolute Gasteiger partial charge is 0.323 e. The number of carbonyl (C=O) groups excluding carboxylic acids is 1. The predicted octanol–water partition coefficient (Wildman–Crippen LogP) is 0.777. The Morgan fingerprint density at radius 2 is 2.15 bits per heavy atom. The minimum atomic E-state index is -0.378. The first-order valence-corrected chi connectivity index (χ1v) is 6.98. The van der Waals surface area contributed by atoms with Crippen LogP contribution in [-0.4, -0.2) is 56.5 Å². The molecule has 20 heavy (non-hydrogen) atoms. The molecule has 0 aliphatic carbocycles. The molecule has 0 saturated carbocycles. The number of hydrogen-bond acceptors (Lipinski definition) is 6. The van der Waals surface area contributed by atoms with E-state index in [1.807, 2.05) is 13.8 Å². The van der Waals surface area contributed by atoms with Gasteiger partial charge in [-0.05, 0) is 13.3 Å². The minimum Gasteiger partial charge on any atom is -0.468 e. The Kier molecular flexibility index (Phi) is 7.25. The van der Waals surface area contributed by atoms with Gasteiger partial charge in [-0.2, -0.15) is 0 Å². The summed E-state index contributed by atoms with van der Waals surface area (Å²) >= 11 is 0. The van der Waals surface area contributed by atoms with E-state index in [1.54, 1.807) is 12.4 Å². The molecule has 1 heterocycles. The number of morpholine rings is 1. The summed E-state index contributed by atoms with van der Waals surface area (Å²) in [5.74, 6) is -0.361. The lowest BCUT2D eigenvalue weighted by molar-refractivity contribution is -0.150. The van der Waals surface area contributed by atoms with Crippen LogP contribution in [0.25, 0.3) is 0 Å². The maximum Gasteiger partial charge on any atom is 0.323 e. The number of rotatable bonds is 6. The number of ether oxygens (including phenoxy) is 2. The molecule has 1 aliphatic heterocycles. The van der Waals surface area contributed by atoms with Crippen LogP contribution >= 0.6 is 0 Å². The molecule has 0 amide bonds. The lowest BCUT2D eigenvalue weighted by Gasteiger charge is -2.36. The molecule has 6 heteroatoms. The monoisotopic (exact) mass is 283 g/mol. The average molecular weight is 283 g/mol.